The molecule has 0 heterocycles. The highest BCUT2D eigenvalue weighted by molar-refractivity contribution is 7.99. The van der Waals surface area contributed by atoms with Crippen LogP contribution in [0.4, 0.5) is 0 Å². The van der Waals surface area contributed by atoms with Gasteiger partial charge >= 0.3 is 5.97 Å². The Morgan fingerprint density at radius 3 is 2.67 bits per heavy atom. The maximum Gasteiger partial charge on any atom is 0.306 e. The average Bonchev–Trinajstić information content (AvgIpc) is 2.39. The van der Waals surface area contributed by atoms with Gasteiger partial charge in [-0.15, -0.1) is 0 Å². The molecule has 0 aromatic carbocycles. The SMILES string of the molecule is CSC1CCCCC1NC1CCCC(C(=O)O)C1. The molecule has 2 rings (SSSR count). The van der Waals surface area contributed by atoms with E-state index in [1.54, 1.807) is 0 Å². The van der Waals surface area contributed by atoms with Crippen LogP contribution in [-0.2, 0) is 4.79 Å². The Hall–Kier alpha value is -0.220. The maximum absolute atomic E-state index is 11.1. The Balaban J connectivity index is 1.85. The topological polar surface area (TPSA) is 49.3 Å². The summed E-state index contributed by atoms with van der Waals surface area (Å²) in [6.07, 6.45) is 11.4. The number of nitrogens with one attached hydrogen (secondary N) is 1. The van der Waals surface area contributed by atoms with Gasteiger partial charge in [0, 0.05) is 17.3 Å². The summed E-state index contributed by atoms with van der Waals surface area (Å²) in [5, 5.41) is 13.6. The van der Waals surface area contributed by atoms with E-state index < -0.39 is 5.97 Å². The van der Waals surface area contributed by atoms with E-state index in [1.807, 2.05) is 11.8 Å². The summed E-state index contributed by atoms with van der Waals surface area (Å²) in [5.74, 6) is -0.723. The van der Waals surface area contributed by atoms with E-state index in [4.69, 9.17) is 5.11 Å². The molecule has 0 saturated heterocycles. The van der Waals surface area contributed by atoms with Crippen molar-refractivity contribution in [3.8, 4) is 0 Å². The van der Waals surface area contributed by atoms with Crippen LogP contribution >= 0.6 is 11.8 Å². The number of carbonyl (C=O) groups is 1. The zero-order valence-corrected chi connectivity index (χ0v) is 12.0. The number of rotatable bonds is 4. The van der Waals surface area contributed by atoms with E-state index in [0.29, 0.717) is 12.1 Å². The van der Waals surface area contributed by atoms with Gasteiger partial charge in [-0.3, -0.25) is 4.79 Å². The first kappa shape index (κ1) is 14.2. The van der Waals surface area contributed by atoms with Gasteiger partial charge in [0.1, 0.15) is 0 Å². The van der Waals surface area contributed by atoms with Gasteiger partial charge < -0.3 is 10.4 Å². The molecule has 0 aliphatic heterocycles. The van der Waals surface area contributed by atoms with Crippen molar-refractivity contribution in [3.63, 3.8) is 0 Å². The second-order valence-corrected chi connectivity index (χ2v) is 6.81. The summed E-state index contributed by atoms with van der Waals surface area (Å²) >= 11 is 1.97. The van der Waals surface area contributed by atoms with Crippen molar-refractivity contribution in [1.29, 1.82) is 0 Å². The highest BCUT2D eigenvalue weighted by Gasteiger charge is 2.31. The molecular weight excluding hydrogens is 246 g/mol. The lowest BCUT2D eigenvalue weighted by molar-refractivity contribution is -0.143. The van der Waals surface area contributed by atoms with Crippen molar-refractivity contribution in [1.82, 2.24) is 5.32 Å². The molecule has 4 atom stereocenters. The molecule has 0 bridgehead atoms. The average molecular weight is 271 g/mol. The molecule has 2 fully saturated rings. The van der Waals surface area contributed by atoms with Crippen LogP contribution < -0.4 is 5.32 Å². The summed E-state index contributed by atoms with van der Waals surface area (Å²) in [7, 11) is 0. The number of thioether (sulfide) groups is 1. The summed E-state index contributed by atoms with van der Waals surface area (Å²) in [4.78, 5) is 11.1. The minimum Gasteiger partial charge on any atom is -0.481 e. The van der Waals surface area contributed by atoms with Crippen LogP contribution in [0.5, 0.6) is 0 Å². The highest BCUT2D eigenvalue weighted by atomic mass is 32.2. The van der Waals surface area contributed by atoms with Gasteiger partial charge in [-0.2, -0.15) is 11.8 Å². The molecule has 2 saturated carbocycles. The quantitative estimate of drug-likeness (QED) is 0.825. The van der Waals surface area contributed by atoms with Crippen LogP contribution in [0.3, 0.4) is 0 Å². The van der Waals surface area contributed by atoms with Crippen molar-refractivity contribution < 1.29 is 9.90 Å². The van der Waals surface area contributed by atoms with Crippen molar-refractivity contribution in [3.05, 3.63) is 0 Å². The zero-order valence-electron chi connectivity index (χ0n) is 11.2. The normalized spacial score (nSPS) is 37.4. The van der Waals surface area contributed by atoms with Crippen LogP contribution in [0.2, 0.25) is 0 Å². The Kier molecular flexibility index (Phi) is 5.37. The monoisotopic (exact) mass is 271 g/mol. The second kappa shape index (κ2) is 6.80. The molecule has 0 radical (unpaired) electrons. The van der Waals surface area contributed by atoms with Gasteiger partial charge in [0.25, 0.3) is 0 Å². The van der Waals surface area contributed by atoms with E-state index in [9.17, 15) is 4.79 Å². The first-order valence-corrected chi connectivity index (χ1v) is 8.51. The summed E-state index contributed by atoms with van der Waals surface area (Å²) in [6.45, 7) is 0. The molecule has 4 unspecified atom stereocenters. The summed E-state index contributed by atoms with van der Waals surface area (Å²) < 4.78 is 0. The summed E-state index contributed by atoms with van der Waals surface area (Å²) in [5.41, 5.74) is 0. The lowest BCUT2D eigenvalue weighted by Gasteiger charge is -2.36. The minimum absolute atomic E-state index is 0.118. The molecule has 0 aromatic heterocycles. The van der Waals surface area contributed by atoms with E-state index in [0.717, 1.165) is 30.9 Å². The van der Waals surface area contributed by atoms with Crippen molar-refractivity contribution >= 4 is 17.7 Å². The third-order valence-electron chi connectivity index (χ3n) is 4.48. The minimum atomic E-state index is -0.605. The summed E-state index contributed by atoms with van der Waals surface area (Å²) in [6, 6.07) is 1.03. The van der Waals surface area contributed by atoms with Gasteiger partial charge in [-0.05, 0) is 38.4 Å². The molecule has 4 heteroatoms. The molecule has 104 valence electrons. The van der Waals surface area contributed by atoms with Crippen LogP contribution in [0, 0.1) is 5.92 Å². The first-order valence-electron chi connectivity index (χ1n) is 7.22. The molecule has 18 heavy (non-hydrogen) atoms. The van der Waals surface area contributed by atoms with Gasteiger partial charge in [0.15, 0.2) is 0 Å². The number of hydrogen-bond acceptors (Lipinski definition) is 3. The first-order chi connectivity index (χ1) is 8.70. The lowest BCUT2D eigenvalue weighted by atomic mass is 9.84. The molecule has 0 aromatic rings. The van der Waals surface area contributed by atoms with Crippen LogP contribution in [0.1, 0.15) is 51.4 Å². The number of carboxylic acids is 1. The zero-order chi connectivity index (χ0) is 13.0. The standard InChI is InChI=1S/C14H25NO2S/c1-18-13-8-3-2-7-12(13)15-11-6-4-5-10(9-11)14(16)17/h10-13,15H,2-9H2,1H3,(H,16,17). The largest absolute Gasteiger partial charge is 0.481 e. The molecule has 2 aliphatic rings. The van der Waals surface area contributed by atoms with Gasteiger partial charge in [0.05, 0.1) is 5.92 Å². The van der Waals surface area contributed by atoms with E-state index >= 15 is 0 Å². The second-order valence-electron chi connectivity index (χ2n) is 5.73. The van der Waals surface area contributed by atoms with E-state index in [-0.39, 0.29) is 5.92 Å². The molecule has 3 nitrogen and oxygen atoms in total. The third-order valence-corrected chi connectivity index (χ3v) is 5.65. The Morgan fingerprint density at radius 2 is 1.94 bits per heavy atom. The Labute approximate surface area is 114 Å². The van der Waals surface area contributed by atoms with Gasteiger partial charge in [0.2, 0.25) is 0 Å². The van der Waals surface area contributed by atoms with Crippen molar-refractivity contribution in [2.75, 3.05) is 6.26 Å². The number of carboxylic acid groups (broad SMARTS) is 1. The fourth-order valence-electron chi connectivity index (χ4n) is 3.44. The van der Waals surface area contributed by atoms with Gasteiger partial charge in [-0.25, -0.2) is 0 Å². The number of aliphatic carboxylic acids is 1. The van der Waals surface area contributed by atoms with Gasteiger partial charge in [-0.1, -0.05) is 19.3 Å². The van der Waals surface area contributed by atoms with Crippen molar-refractivity contribution in [2.45, 2.75) is 68.7 Å². The maximum atomic E-state index is 11.1. The van der Waals surface area contributed by atoms with Crippen LogP contribution in [0.15, 0.2) is 0 Å². The van der Waals surface area contributed by atoms with E-state index in [1.165, 1.54) is 25.7 Å². The Morgan fingerprint density at radius 1 is 1.17 bits per heavy atom. The predicted molar refractivity (Wildman–Crippen MR) is 76.1 cm³/mol. The molecule has 2 N–H and O–H groups in total. The fourth-order valence-corrected chi connectivity index (χ4v) is 4.38. The smallest absolute Gasteiger partial charge is 0.306 e. The van der Waals surface area contributed by atoms with E-state index in [2.05, 4.69) is 11.6 Å². The van der Waals surface area contributed by atoms with Crippen LogP contribution in [-0.4, -0.2) is 34.7 Å². The predicted octanol–water partition coefficient (Wildman–Crippen LogP) is 2.89. The highest BCUT2D eigenvalue weighted by Crippen LogP contribution is 2.30. The van der Waals surface area contributed by atoms with Crippen molar-refractivity contribution in [2.24, 2.45) is 5.92 Å². The molecular formula is C14H25NO2S. The molecule has 2 aliphatic carbocycles. The number of hydrogen-bond donors (Lipinski definition) is 2. The lowest BCUT2D eigenvalue weighted by Crippen LogP contribution is -2.48. The molecule has 0 amide bonds. The Bertz CT molecular complexity index is 285. The third kappa shape index (κ3) is 3.64. The fraction of sp³-hybridized carbons (Fsp3) is 0.929. The van der Waals surface area contributed by atoms with Crippen LogP contribution in [0.25, 0.3) is 0 Å². The molecule has 0 spiro atoms.